The van der Waals surface area contributed by atoms with E-state index in [2.05, 4.69) is 0 Å². The summed E-state index contributed by atoms with van der Waals surface area (Å²) in [6.07, 6.45) is 0. The Morgan fingerprint density at radius 3 is 2.54 bits per heavy atom. The minimum Gasteiger partial charge on any atom is -0.454 e. The first kappa shape index (κ1) is 20.8. The molecule has 1 atom stereocenters. The second-order valence-corrected chi connectivity index (χ2v) is 6.76. The summed E-state index contributed by atoms with van der Waals surface area (Å²) in [6, 6.07) is 14.6. The van der Waals surface area contributed by atoms with Crippen molar-refractivity contribution >= 4 is 34.9 Å². The quantitative estimate of drug-likeness (QED) is 0.311. The van der Waals surface area contributed by atoms with Gasteiger partial charge in [-0.05, 0) is 31.2 Å². The minimum atomic E-state index is -1.29. The molecule has 0 saturated heterocycles. The topological polar surface area (TPSA) is 134 Å². The summed E-state index contributed by atoms with van der Waals surface area (Å²) < 4.78 is 4.85. The van der Waals surface area contributed by atoms with Crippen LogP contribution in [0.4, 0.5) is 5.69 Å². The van der Waals surface area contributed by atoms with Gasteiger partial charge in [0.15, 0.2) is 12.4 Å². The third-order valence-electron chi connectivity index (χ3n) is 3.59. The van der Waals surface area contributed by atoms with Crippen molar-refractivity contribution in [2.75, 3.05) is 6.61 Å². The second-order valence-electron chi connectivity index (χ2n) is 5.64. The predicted octanol–water partition coefficient (Wildman–Crippen LogP) is 3.65. The van der Waals surface area contributed by atoms with E-state index in [-0.39, 0.29) is 17.0 Å². The van der Waals surface area contributed by atoms with Crippen molar-refractivity contribution in [3.05, 3.63) is 64.2 Å². The van der Waals surface area contributed by atoms with Crippen LogP contribution in [0, 0.1) is 32.8 Å². The number of hydrogen-bond donors (Lipinski definition) is 1. The number of nitro groups is 1. The van der Waals surface area contributed by atoms with Crippen molar-refractivity contribution in [1.29, 1.82) is 10.7 Å². The number of hydrogen-bond acceptors (Lipinski definition) is 8. The summed E-state index contributed by atoms with van der Waals surface area (Å²) in [4.78, 5) is 35.9. The molecule has 0 fully saturated rings. The Balaban J connectivity index is 2.15. The van der Waals surface area contributed by atoms with Gasteiger partial charge in [-0.3, -0.25) is 14.9 Å². The van der Waals surface area contributed by atoms with Crippen LogP contribution in [0.1, 0.15) is 17.3 Å². The molecule has 0 aliphatic rings. The molecule has 2 aromatic carbocycles. The summed E-state index contributed by atoms with van der Waals surface area (Å²) in [5, 5.41) is 27.6. The first-order valence-electron chi connectivity index (χ1n) is 7.99. The lowest BCUT2D eigenvalue weighted by molar-refractivity contribution is -0.387. The van der Waals surface area contributed by atoms with Crippen molar-refractivity contribution in [3.63, 3.8) is 0 Å². The molecule has 1 N–H and O–H groups in total. The Morgan fingerprint density at radius 1 is 1.29 bits per heavy atom. The molecule has 28 heavy (non-hydrogen) atoms. The predicted molar refractivity (Wildman–Crippen MR) is 101 cm³/mol. The molecule has 9 heteroatoms. The Hall–Kier alpha value is -3.51. The van der Waals surface area contributed by atoms with Crippen LogP contribution in [0.5, 0.6) is 0 Å². The van der Waals surface area contributed by atoms with Gasteiger partial charge in [-0.25, -0.2) is 4.79 Å². The number of carbonyl (C=O) groups excluding carboxylic acids is 2. The van der Waals surface area contributed by atoms with Gasteiger partial charge in [-0.15, -0.1) is 0 Å². The summed E-state index contributed by atoms with van der Waals surface area (Å²) in [5.74, 6) is -2.94. The van der Waals surface area contributed by atoms with E-state index in [9.17, 15) is 19.7 Å². The van der Waals surface area contributed by atoms with Gasteiger partial charge in [0.2, 0.25) is 0 Å². The molecule has 0 bridgehead atoms. The van der Waals surface area contributed by atoms with Crippen LogP contribution in [0.3, 0.4) is 0 Å². The van der Waals surface area contributed by atoms with Crippen molar-refractivity contribution in [3.8, 4) is 6.07 Å². The number of Topliss-reactive ketones (excluding diaryl/α,β-unsaturated/α-hetero) is 1. The van der Waals surface area contributed by atoms with E-state index in [1.807, 2.05) is 6.07 Å². The Morgan fingerprint density at radius 2 is 1.96 bits per heavy atom. The maximum absolute atomic E-state index is 12.1. The number of nitrogens with zero attached hydrogens (tertiary/aromatic N) is 2. The highest BCUT2D eigenvalue weighted by molar-refractivity contribution is 7.99. The van der Waals surface area contributed by atoms with E-state index in [1.54, 1.807) is 30.3 Å². The average molecular weight is 397 g/mol. The Labute approximate surface area is 164 Å². The molecule has 0 aliphatic heterocycles. The van der Waals surface area contributed by atoms with E-state index in [0.29, 0.717) is 4.90 Å². The van der Waals surface area contributed by atoms with E-state index < -0.39 is 29.2 Å². The van der Waals surface area contributed by atoms with E-state index >= 15 is 0 Å². The van der Waals surface area contributed by atoms with Gasteiger partial charge in [0, 0.05) is 16.7 Å². The minimum absolute atomic E-state index is 0.0861. The van der Waals surface area contributed by atoms with Crippen molar-refractivity contribution in [1.82, 2.24) is 0 Å². The van der Waals surface area contributed by atoms with Crippen LogP contribution in [-0.4, -0.2) is 29.0 Å². The maximum Gasteiger partial charge on any atom is 0.338 e. The monoisotopic (exact) mass is 397 g/mol. The van der Waals surface area contributed by atoms with Crippen LogP contribution >= 0.6 is 11.8 Å². The van der Waals surface area contributed by atoms with Gasteiger partial charge < -0.3 is 10.1 Å². The third kappa shape index (κ3) is 5.25. The largest absolute Gasteiger partial charge is 0.454 e. The normalized spacial score (nSPS) is 11.1. The lowest BCUT2D eigenvalue weighted by atomic mass is 10.0. The van der Waals surface area contributed by atoms with Crippen LogP contribution in [0.2, 0.25) is 0 Å². The standard InChI is InChI=1S/C19H15N3O5S/c1-12(21)15(10-20)17(23)11-27-19(24)13-7-8-18(16(9-13)22(25)26)28-14-5-3-2-4-6-14/h2-9,15,21H,11H2,1H3. The molecule has 0 radical (unpaired) electrons. The molecule has 0 heterocycles. The summed E-state index contributed by atoms with van der Waals surface area (Å²) in [5.41, 5.74) is -0.502. The zero-order chi connectivity index (χ0) is 20.7. The molecule has 0 aromatic heterocycles. The number of ketones is 1. The van der Waals surface area contributed by atoms with Crippen LogP contribution in [0.25, 0.3) is 0 Å². The van der Waals surface area contributed by atoms with Gasteiger partial charge in [0.1, 0.15) is 5.92 Å². The molecule has 142 valence electrons. The molecule has 0 saturated carbocycles. The molecule has 8 nitrogen and oxygen atoms in total. The lowest BCUT2D eigenvalue weighted by Crippen LogP contribution is -2.25. The molecule has 0 aliphatic carbocycles. The van der Waals surface area contributed by atoms with Crippen LogP contribution in [0.15, 0.2) is 58.3 Å². The number of nitrogens with one attached hydrogen (secondary N) is 1. The smallest absolute Gasteiger partial charge is 0.338 e. The molecule has 0 amide bonds. The third-order valence-corrected chi connectivity index (χ3v) is 4.66. The van der Waals surface area contributed by atoms with Crippen LogP contribution < -0.4 is 0 Å². The Bertz CT molecular complexity index is 969. The van der Waals surface area contributed by atoms with E-state index in [1.165, 1.54) is 30.8 Å². The van der Waals surface area contributed by atoms with Gasteiger partial charge in [0.05, 0.1) is 21.5 Å². The van der Waals surface area contributed by atoms with Crippen LogP contribution in [-0.2, 0) is 9.53 Å². The van der Waals surface area contributed by atoms with Gasteiger partial charge >= 0.3 is 5.97 Å². The van der Waals surface area contributed by atoms with Crippen molar-refractivity contribution in [2.24, 2.45) is 5.92 Å². The number of rotatable bonds is 8. The highest BCUT2D eigenvalue weighted by atomic mass is 32.2. The first-order valence-corrected chi connectivity index (χ1v) is 8.81. The highest BCUT2D eigenvalue weighted by Gasteiger charge is 2.23. The summed E-state index contributed by atoms with van der Waals surface area (Å²) in [7, 11) is 0. The van der Waals surface area contributed by atoms with Gasteiger partial charge in [-0.1, -0.05) is 30.0 Å². The number of benzene rings is 2. The average Bonchev–Trinajstić information content (AvgIpc) is 2.67. The number of esters is 1. The molecule has 1 unspecified atom stereocenters. The zero-order valence-corrected chi connectivity index (χ0v) is 15.6. The Kier molecular flexibility index (Phi) is 7.01. The molecule has 2 rings (SSSR count). The fraction of sp³-hybridized carbons (Fsp3) is 0.158. The second kappa shape index (κ2) is 9.43. The fourth-order valence-corrected chi connectivity index (χ4v) is 3.12. The SMILES string of the molecule is CC(=N)C(C#N)C(=O)COC(=O)c1ccc(Sc2ccccc2)c([N+](=O)[O-])c1. The zero-order valence-electron chi connectivity index (χ0n) is 14.7. The molecular formula is C19H15N3O5S. The lowest BCUT2D eigenvalue weighted by Gasteiger charge is -2.08. The number of ether oxygens (including phenoxy) is 1. The summed E-state index contributed by atoms with van der Waals surface area (Å²) >= 11 is 1.18. The number of nitriles is 1. The highest BCUT2D eigenvalue weighted by Crippen LogP contribution is 2.35. The molecular weight excluding hydrogens is 382 g/mol. The van der Waals surface area contributed by atoms with E-state index in [0.717, 1.165) is 11.0 Å². The van der Waals surface area contributed by atoms with Crippen molar-refractivity contribution < 1.29 is 19.2 Å². The molecule has 0 spiro atoms. The fourth-order valence-electron chi connectivity index (χ4n) is 2.20. The van der Waals surface area contributed by atoms with Crippen molar-refractivity contribution in [2.45, 2.75) is 16.7 Å². The number of carbonyl (C=O) groups is 2. The van der Waals surface area contributed by atoms with E-state index in [4.69, 9.17) is 15.4 Å². The van der Waals surface area contributed by atoms with Gasteiger partial charge in [-0.2, -0.15) is 5.26 Å². The maximum atomic E-state index is 12.1. The summed E-state index contributed by atoms with van der Waals surface area (Å²) in [6.45, 7) is 0.613. The molecule has 2 aromatic rings. The van der Waals surface area contributed by atoms with Gasteiger partial charge in [0.25, 0.3) is 5.69 Å². The number of nitro benzene ring substituents is 1. The first-order chi connectivity index (χ1) is 13.3.